The number of aliphatic hydroxyl groups is 4. The summed E-state index contributed by atoms with van der Waals surface area (Å²) in [6, 6.07) is 0. The molecule has 0 aromatic heterocycles. The Balaban J connectivity index is 1.38. The first-order valence-electron chi connectivity index (χ1n) is 33.4. The molecule has 0 radical (unpaired) electrons. The zero-order chi connectivity index (χ0) is 62.0. The largest absolute Gasteiger partial charge is 0.389 e. The van der Waals surface area contributed by atoms with Crippen molar-refractivity contribution < 1.29 is 39.4 Å². The number of hydrogen-bond donors (Lipinski definition) is 4. The molecule has 0 saturated carbocycles. The number of hydrogen-bond acceptors (Lipinski definition) is 20. The highest BCUT2D eigenvalue weighted by Gasteiger charge is 2.35. The summed E-state index contributed by atoms with van der Waals surface area (Å²) in [6.45, 7) is 50.9. The van der Waals surface area contributed by atoms with Gasteiger partial charge in [-0.1, -0.05) is 55.4 Å². The minimum absolute atomic E-state index is 0.112. The van der Waals surface area contributed by atoms with E-state index in [9.17, 15) is 20.4 Å². The molecule has 0 aromatic carbocycles. The van der Waals surface area contributed by atoms with Crippen molar-refractivity contribution in [2.75, 3.05) is 236 Å². The second kappa shape index (κ2) is 42.9. The van der Waals surface area contributed by atoms with Gasteiger partial charge in [0, 0.05) is 180 Å². The molecule has 496 valence electrons. The lowest BCUT2D eigenvalue weighted by Gasteiger charge is -2.37. The fourth-order valence-electron chi connectivity index (χ4n) is 12.2. The maximum atomic E-state index is 11.4. The molecule has 4 rings (SSSR count). The van der Waals surface area contributed by atoms with Crippen LogP contribution in [0.15, 0.2) is 20.0 Å². The summed E-state index contributed by atoms with van der Waals surface area (Å²) in [4.78, 5) is 38.3. The molecule has 20 heteroatoms. The lowest BCUT2D eigenvalue weighted by atomic mass is 9.92. The molecule has 0 aliphatic carbocycles. The summed E-state index contributed by atoms with van der Waals surface area (Å²) in [5.41, 5.74) is 4.00. The quantitative estimate of drug-likeness (QED) is 0.0640. The first-order valence-corrected chi connectivity index (χ1v) is 33.4. The van der Waals surface area contributed by atoms with Gasteiger partial charge in [-0.3, -0.25) is 59.2 Å². The maximum Gasteiger partial charge on any atom is 0.0900 e. The second-order valence-electron chi connectivity index (χ2n) is 27.6. The third kappa shape index (κ3) is 35.3. The average Bonchev–Trinajstić information content (AvgIpc) is 3.49. The highest BCUT2D eigenvalue weighted by molar-refractivity contribution is 5.83. The second-order valence-corrected chi connectivity index (χ2v) is 27.6. The Hall–Kier alpha value is -1.96. The van der Waals surface area contributed by atoms with Gasteiger partial charge in [-0.05, 0) is 77.0 Å². The summed E-state index contributed by atoms with van der Waals surface area (Å²) in [6.07, 6.45) is 1.28. The molecule has 4 fully saturated rings. The molecule has 4 unspecified atom stereocenters. The molecule has 4 aliphatic heterocycles. The summed E-state index contributed by atoms with van der Waals surface area (Å²) in [7, 11) is 0. The Kier molecular flexibility index (Phi) is 38.1. The molecule has 0 spiro atoms. The average molecular weight is 1210 g/mol. The van der Waals surface area contributed by atoms with Crippen LogP contribution in [-0.2, 0) is 18.9 Å². The molecule has 0 amide bonds. The van der Waals surface area contributed by atoms with Crippen molar-refractivity contribution in [2.24, 2.45) is 49.1 Å². The fraction of sp³-hybridized carbons (Fsp3) is 0.938. The molecular weight excluding hydrogens is 1080 g/mol. The number of piperazine rings is 4. The van der Waals surface area contributed by atoms with Crippen LogP contribution in [0, 0.1) is 29.1 Å². The number of aliphatic hydroxyl groups excluding tert-OH is 4. The summed E-state index contributed by atoms with van der Waals surface area (Å²) in [5, 5.41) is 45.8. The lowest BCUT2D eigenvalue weighted by Crippen LogP contribution is -2.50. The van der Waals surface area contributed by atoms with Crippen LogP contribution in [0.1, 0.15) is 109 Å². The Labute approximate surface area is 517 Å². The lowest BCUT2D eigenvalue weighted by molar-refractivity contribution is -0.135. The van der Waals surface area contributed by atoms with E-state index >= 15 is 0 Å². The van der Waals surface area contributed by atoms with E-state index in [0.717, 1.165) is 183 Å². The predicted molar refractivity (Wildman–Crippen MR) is 351 cm³/mol. The van der Waals surface area contributed by atoms with Crippen LogP contribution in [0.4, 0.5) is 0 Å². The Morgan fingerprint density at radius 3 is 0.671 bits per heavy atom. The number of nitrogens with zero attached hydrogens (tertiary/aromatic N) is 12. The molecule has 4 aliphatic rings. The highest BCUT2D eigenvalue weighted by atomic mass is 16.5. The molecule has 4 N–H and O–H groups in total. The summed E-state index contributed by atoms with van der Waals surface area (Å²) in [5.74, 6) is 2.44. The molecule has 0 bridgehead atoms. The standard InChI is InChI=1S/C65H128N12O8/c1-53(2)37-57(9)66-13-17-70-21-29-74(30-22-70)41-61(78)45-82-49-65(50-83-46-62(79)42-75-31-23-71(24-32-75)18-14-67-58(10)38-54(3)4,51-84-47-63(80)43-76-33-25-72(26-34-76)19-15-68-59(11)39-55(5)6)52-85-48-64(81)44-77-35-27-73(28-36-77)20-16-69-60(12)40-56(7)8/h53-56,61-64,78-81H,13-52H2,1-12H3. The van der Waals surface area contributed by atoms with Gasteiger partial charge in [-0.15, -0.1) is 0 Å². The topological polar surface area (TPSA) is 193 Å². The van der Waals surface area contributed by atoms with Gasteiger partial charge < -0.3 is 39.4 Å². The van der Waals surface area contributed by atoms with Crippen molar-refractivity contribution in [1.82, 2.24) is 39.2 Å². The highest BCUT2D eigenvalue weighted by Crippen LogP contribution is 2.23. The Bertz CT molecular complexity index is 1580. The van der Waals surface area contributed by atoms with Gasteiger partial charge in [0.15, 0.2) is 0 Å². The summed E-state index contributed by atoms with van der Waals surface area (Å²) >= 11 is 0. The van der Waals surface area contributed by atoms with E-state index in [-0.39, 0.29) is 52.9 Å². The smallest absolute Gasteiger partial charge is 0.0900 e. The van der Waals surface area contributed by atoms with Crippen molar-refractivity contribution in [1.29, 1.82) is 0 Å². The van der Waals surface area contributed by atoms with Crippen molar-refractivity contribution in [3.8, 4) is 0 Å². The van der Waals surface area contributed by atoms with E-state index in [0.29, 0.717) is 49.9 Å². The van der Waals surface area contributed by atoms with Crippen molar-refractivity contribution >= 4 is 22.8 Å². The molecular formula is C65H128N12O8. The fourth-order valence-corrected chi connectivity index (χ4v) is 12.2. The van der Waals surface area contributed by atoms with Gasteiger partial charge in [0.05, 0.1) is 109 Å². The Morgan fingerprint density at radius 2 is 0.494 bits per heavy atom. The minimum Gasteiger partial charge on any atom is -0.389 e. The predicted octanol–water partition coefficient (Wildman–Crippen LogP) is 3.98. The number of β-amino-alcohol motifs (C(OH)–C–C–N with tert-alkyl or cyclic N) is 4. The van der Waals surface area contributed by atoms with E-state index in [4.69, 9.17) is 38.9 Å². The van der Waals surface area contributed by atoms with Crippen LogP contribution >= 0.6 is 0 Å². The minimum atomic E-state index is -0.884. The van der Waals surface area contributed by atoms with Crippen LogP contribution in [-0.4, -0.2) is 343 Å². The monoisotopic (exact) mass is 1200 g/mol. The van der Waals surface area contributed by atoms with E-state index in [1.165, 1.54) is 22.8 Å². The SMILES string of the molecule is CC(CC(C)C)=NCCN1CCN(CC(O)COCC(COCC(O)CN2CCN(CCN=C(C)CC(C)C)CC2)(COCC(O)CN2CCN(CCN=C(C)CC(C)C)CC2)COCC(O)CN2CCN(CCN=C(C)CC(C)C)CC2)CC1. The van der Waals surface area contributed by atoms with E-state index in [1.807, 2.05) is 0 Å². The van der Waals surface area contributed by atoms with Crippen LogP contribution in [0.5, 0.6) is 0 Å². The van der Waals surface area contributed by atoms with Gasteiger partial charge in [-0.2, -0.15) is 0 Å². The number of aliphatic imine (C=N–C) groups is 4. The van der Waals surface area contributed by atoms with Gasteiger partial charge in [0.2, 0.25) is 0 Å². The van der Waals surface area contributed by atoms with E-state index in [2.05, 4.69) is 122 Å². The van der Waals surface area contributed by atoms with Gasteiger partial charge in [0.1, 0.15) is 0 Å². The maximum absolute atomic E-state index is 11.4. The van der Waals surface area contributed by atoms with E-state index < -0.39 is 29.8 Å². The number of ether oxygens (including phenoxy) is 4. The first kappa shape index (κ1) is 75.5. The van der Waals surface area contributed by atoms with Crippen LogP contribution in [0.3, 0.4) is 0 Å². The molecule has 85 heavy (non-hydrogen) atoms. The molecule has 4 heterocycles. The van der Waals surface area contributed by atoms with Gasteiger partial charge in [0.25, 0.3) is 0 Å². The number of rotatable bonds is 44. The van der Waals surface area contributed by atoms with Crippen LogP contribution in [0.2, 0.25) is 0 Å². The van der Waals surface area contributed by atoms with Crippen molar-refractivity contribution in [2.45, 2.75) is 133 Å². The van der Waals surface area contributed by atoms with Crippen LogP contribution in [0.25, 0.3) is 0 Å². The first-order chi connectivity index (χ1) is 40.6. The van der Waals surface area contributed by atoms with Gasteiger partial charge >= 0.3 is 0 Å². The normalized spacial score (nSPS) is 21.5. The van der Waals surface area contributed by atoms with Crippen molar-refractivity contribution in [3.63, 3.8) is 0 Å². The van der Waals surface area contributed by atoms with Crippen molar-refractivity contribution in [3.05, 3.63) is 0 Å². The zero-order valence-corrected chi connectivity index (χ0v) is 56.2. The van der Waals surface area contributed by atoms with E-state index in [1.54, 1.807) is 0 Å². The summed E-state index contributed by atoms with van der Waals surface area (Å²) < 4.78 is 25.9. The third-order valence-corrected chi connectivity index (χ3v) is 16.6. The molecule has 0 aromatic rings. The Morgan fingerprint density at radius 1 is 0.318 bits per heavy atom. The van der Waals surface area contributed by atoms with Gasteiger partial charge in [-0.25, -0.2) is 0 Å². The zero-order valence-electron chi connectivity index (χ0n) is 56.2. The third-order valence-electron chi connectivity index (χ3n) is 16.6. The van der Waals surface area contributed by atoms with Crippen LogP contribution < -0.4 is 0 Å². The molecule has 4 atom stereocenters. The molecule has 4 saturated heterocycles. The molecule has 20 nitrogen and oxygen atoms in total.